The third kappa shape index (κ3) is 2.44. The number of carboxylic acids is 1. The van der Waals surface area contributed by atoms with E-state index < -0.39 is 5.97 Å². The number of anilines is 1. The van der Waals surface area contributed by atoms with Gasteiger partial charge in [0.25, 0.3) is 5.91 Å². The zero-order valence-electron chi connectivity index (χ0n) is 11.8. The van der Waals surface area contributed by atoms with E-state index in [1.165, 1.54) is 12.1 Å². The van der Waals surface area contributed by atoms with E-state index in [0.717, 1.165) is 11.3 Å². The number of carbonyl (C=O) groups is 2. The highest BCUT2D eigenvalue weighted by molar-refractivity contribution is 6.35. The fraction of sp³-hybridized carbons (Fsp3) is 0.0588. The predicted octanol–water partition coefficient (Wildman–Crippen LogP) is 2.89. The zero-order chi connectivity index (χ0) is 15.7. The number of rotatable bonds is 3. The molecule has 110 valence electrons. The number of hydrogen-bond acceptors (Lipinski definition) is 3. The summed E-state index contributed by atoms with van der Waals surface area (Å²) in [5.74, 6) is -0.536. The van der Waals surface area contributed by atoms with E-state index in [9.17, 15) is 9.59 Å². The molecule has 0 unspecified atom stereocenters. The van der Waals surface area contributed by atoms with Crippen LogP contribution in [0.2, 0.25) is 0 Å². The van der Waals surface area contributed by atoms with Gasteiger partial charge in [-0.25, -0.2) is 4.79 Å². The number of fused-ring (bicyclic) bond motifs is 1. The first-order valence-corrected chi connectivity index (χ1v) is 6.63. The van der Waals surface area contributed by atoms with Gasteiger partial charge in [-0.1, -0.05) is 12.1 Å². The molecule has 0 bridgehead atoms. The topological polar surface area (TPSA) is 75.6 Å². The number of hydrogen-bond donors (Lipinski definition) is 2. The molecule has 1 amide bonds. The van der Waals surface area contributed by atoms with Crippen LogP contribution in [0.3, 0.4) is 0 Å². The minimum absolute atomic E-state index is 0.149. The predicted molar refractivity (Wildman–Crippen MR) is 82.9 cm³/mol. The largest absolute Gasteiger partial charge is 0.497 e. The number of methoxy groups -OCH3 is 1. The van der Waals surface area contributed by atoms with Crippen molar-refractivity contribution in [3.63, 3.8) is 0 Å². The normalized spacial score (nSPS) is 14.6. The van der Waals surface area contributed by atoms with Crippen LogP contribution in [-0.4, -0.2) is 24.1 Å². The molecule has 2 N–H and O–H groups in total. The van der Waals surface area contributed by atoms with Crippen molar-refractivity contribution in [1.82, 2.24) is 0 Å². The second kappa shape index (κ2) is 5.37. The fourth-order valence-electron chi connectivity index (χ4n) is 2.33. The minimum Gasteiger partial charge on any atom is -0.497 e. The van der Waals surface area contributed by atoms with E-state index in [2.05, 4.69) is 5.32 Å². The highest BCUT2D eigenvalue weighted by Gasteiger charge is 2.25. The molecular formula is C17H13NO4. The monoisotopic (exact) mass is 295 g/mol. The summed E-state index contributed by atoms with van der Waals surface area (Å²) in [6.07, 6.45) is 1.73. The Hall–Kier alpha value is -3.08. The summed E-state index contributed by atoms with van der Waals surface area (Å²) >= 11 is 0. The maximum Gasteiger partial charge on any atom is 0.335 e. The summed E-state index contributed by atoms with van der Waals surface area (Å²) < 4.78 is 5.09. The van der Waals surface area contributed by atoms with Crippen LogP contribution in [0, 0.1) is 0 Å². The fourth-order valence-corrected chi connectivity index (χ4v) is 2.33. The minimum atomic E-state index is -1.02. The smallest absolute Gasteiger partial charge is 0.335 e. The summed E-state index contributed by atoms with van der Waals surface area (Å²) in [5.41, 5.74) is 2.65. The molecular weight excluding hydrogens is 282 g/mol. The number of nitrogens with one attached hydrogen (secondary N) is 1. The van der Waals surface area contributed by atoms with Crippen molar-refractivity contribution in [2.24, 2.45) is 0 Å². The van der Waals surface area contributed by atoms with Gasteiger partial charge in [0.05, 0.1) is 12.7 Å². The van der Waals surface area contributed by atoms with Crippen LogP contribution in [0.25, 0.3) is 11.6 Å². The van der Waals surface area contributed by atoms with Crippen LogP contribution in [0.1, 0.15) is 21.5 Å². The molecule has 22 heavy (non-hydrogen) atoms. The number of aromatic carboxylic acids is 1. The second-order valence-corrected chi connectivity index (χ2v) is 4.85. The van der Waals surface area contributed by atoms with Crippen molar-refractivity contribution in [3.8, 4) is 5.75 Å². The lowest BCUT2D eigenvalue weighted by Crippen LogP contribution is -2.03. The number of carboxylic acid groups (broad SMARTS) is 1. The van der Waals surface area contributed by atoms with Gasteiger partial charge in [0, 0.05) is 16.8 Å². The molecule has 0 atom stereocenters. The van der Waals surface area contributed by atoms with Crippen LogP contribution < -0.4 is 10.1 Å². The lowest BCUT2D eigenvalue weighted by atomic mass is 10.0. The Bertz CT molecular complexity index is 791. The molecule has 2 aromatic rings. The van der Waals surface area contributed by atoms with Crippen LogP contribution in [0.5, 0.6) is 5.75 Å². The first kappa shape index (κ1) is 13.9. The Morgan fingerprint density at radius 2 is 1.91 bits per heavy atom. The standard InChI is InChI=1S/C17H13NO4/c1-22-12-5-2-10(3-6-12)8-14-13-9-11(17(20)21)4-7-15(13)18-16(14)19/h2-9H,1H3,(H,18,19)(H,20,21). The average Bonchev–Trinajstić information content (AvgIpc) is 2.83. The van der Waals surface area contributed by atoms with Gasteiger partial charge in [-0.05, 0) is 42.0 Å². The number of benzene rings is 2. The van der Waals surface area contributed by atoms with Gasteiger partial charge in [0.15, 0.2) is 0 Å². The first-order valence-electron chi connectivity index (χ1n) is 6.63. The summed E-state index contributed by atoms with van der Waals surface area (Å²) in [6, 6.07) is 11.8. The van der Waals surface area contributed by atoms with E-state index in [1.807, 2.05) is 12.1 Å². The lowest BCUT2D eigenvalue weighted by Gasteiger charge is -2.02. The van der Waals surface area contributed by atoms with Gasteiger partial charge in [0.2, 0.25) is 0 Å². The van der Waals surface area contributed by atoms with Crippen LogP contribution >= 0.6 is 0 Å². The average molecular weight is 295 g/mol. The Morgan fingerprint density at radius 1 is 1.18 bits per heavy atom. The van der Waals surface area contributed by atoms with E-state index in [1.54, 1.807) is 31.4 Å². The van der Waals surface area contributed by atoms with Crippen molar-refractivity contribution >= 4 is 29.2 Å². The molecule has 0 saturated heterocycles. The quantitative estimate of drug-likeness (QED) is 0.854. The van der Waals surface area contributed by atoms with Crippen LogP contribution in [-0.2, 0) is 4.79 Å². The van der Waals surface area contributed by atoms with Gasteiger partial charge in [-0.15, -0.1) is 0 Å². The summed E-state index contributed by atoms with van der Waals surface area (Å²) in [5, 5.41) is 11.8. The molecule has 0 saturated carbocycles. The van der Waals surface area contributed by atoms with E-state index in [4.69, 9.17) is 9.84 Å². The number of amides is 1. The molecule has 0 spiro atoms. The van der Waals surface area contributed by atoms with Gasteiger partial charge in [0.1, 0.15) is 5.75 Å². The van der Waals surface area contributed by atoms with E-state index in [0.29, 0.717) is 16.8 Å². The second-order valence-electron chi connectivity index (χ2n) is 4.85. The molecule has 5 heteroatoms. The highest BCUT2D eigenvalue weighted by Crippen LogP contribution is 2.34. The zero-order valence-corrected chi connectivity index (χ0v) is 11.8. The SMILES string of the molecule is COc1ccc(C=C2C(=O)Nc3ccc(C(=O)O)cc32)cc1. The third-order valence-corrected chi connectivity index (χ3v) is 3.48. The molecule has 5 nitrogen and oxygen atoms in total. The maximum atomic E-state index is 12.1. The van der Waals surface area contributed by atoms with Crippen molar-refractivity contribution < 1.29 is 19.4 Å². The van der Waals surface area contributed by atoms with Gasteiger partial charge < -0.3 is 15.2 Å². The van der Waals surface area contributed by atoms with Crippen LogP contribution in [0.15, 0.2) is 42.5 Å². The number of ether oxygens (including phenoxy) is 1. The molecule has 0 fully saturated rings. The van der Waals surface area contributed by atoms with Crippen molar-refractivity contribution in [1.29, 1.82) is 0 Å². The third-order valence-electron chi connectivity index (χ3n) is 3.48. The molecule has 2 aromatic carbocycles. The van der Waals surface area contributed by atoms with E-state index in [-0.39, 0.29) is 11.5 Å². The Labute approximate surface area is 126 Å². The van der Waals surface area contributed by atoms with Gasteiger partial charge >= 0.3 is 5.97 Å². The Morgan fingerprint density at radius 3 is 2.55 bits per heavy atom. The summed E-state index contributed by atoms with van der Waals surface area (Å²) in [4.78, 5) is 23.2. The molecule has 1 aliphatic heterocycles. The van der Waals surface area contributed by atoms with Crippen molar-refractivity contribution in [3.05, 3.63) is 59.2 Å². The molecule has 0 aromatic heterocycles. The van der Waals surface area contributed by atoms with Gasteiger partial charge in [-0.2, -0.15) is 0 Å². The number of carbonyl (C=O) groups excluding carboxylic acids is 1. The maximum absolute atomic E-state index is 12.1. The van der Waals surface area contributed by atoms with E-state index >= 15 is 0 Å². The van der Waals surface area contributed by atoms with Crippen LogP contribution in [0.4, 0.5) is 5.69 Å². The molecule has 0 aliphatic carbocycles. The highest BCUT2D eigenvalue weighted by atomic mass is 16.5. The Balaban J connectivity index is 2.04. The molecule has 0 radical (unpaired) electrons. The lowest BCUT2D eigenvalue weighted by molar-refractivity contribution is -0.110. The Kier molecular flexibility index (Phi) is 3.39. The summed E-state index contributed by atoms with van der Waals surface area (Å²) in [7, 11) is 1.58. The first-order chi connectivity index (χ1) is 10.6. The summed E-state index contributed by atoms with van der Waals surface area (Å²) in [6.45, 7) is 0. The van der Waals surface area contributed by atoms with Crippen molar-refractivity contribution in [2.75, 3.05) is 12.4 Å². The molecule has 1 aliphatic rings. The van der Waals surface area contributed by atoms with Crippen molar-refractivity contribution in [2.45, 2.75) is 0 Å². The molecule has 1 heterocycles. The van der Waals surface area contributed by atoms with Gasteiger partial charge in [-0.3, -0.25) is 4.79 Å². The molecule has 3 rings (SSSR count).